The Labute approximate surface area is 101 Å². The predicted octanol–water partition coefficient (Wildman–Crippen LogP) is 1.63. The van der Waals surface area contributed by atoms with E-state index in [4.69, 9.17) is 15.7 Å². The lowest BCUT2D eigenvalue weighted by Gasteiger charge is -2.12. The van der Waals surface area contributed by atoms with Crippen molar-refractivity contribution in [3.63, 3.8) is 0 Å². The molecule has 5 nitrogen and oxygen atoms in total. The Kier molecular flexibility index (Phi) is 5.29. The van der Waals surface area contributed by atoms with Gasteiger partial charge in [0.15, 0.2) is 0 Å². The molecule has 1 unspecified atom stereocenters. The number of hydrogen-bond donors (Lipinski definition) is 3. The van der Waals surface area contributed by atoms with Gasteiger partial charge >= 0.3 is 0 Å². The minimum absolute atomic E-state index is 0.0221. The van der Waals surface area contributed by atoms with Gasteiger partial charge in [0.05, 0.1) is 6.61 Å². The van der Waals surface area contributed by atoms with E-state index < -0.39 is 0 Å². The molecule has 0 fully saturated rings. The lowest BCUT2D eigenvalue weighted by Crippen LogP contribution is -2.27. The van der Waals surface area contributed by atoms with Gasteiger partial charge < -0.3 is 21.0 Å². The summed E-state index contributed by atoms with van der Waals surface area (Å²) in [6, 6.07) is 7.95. The third kappa shape index (κ3) is 4.32. The molecule has 0 bridgehead atoms. The van der Waals surface area contributed by atoms with Crippen LogP contribution < -0.4 is 11.1 Å². The van der Waals surface area contributed by atoms with Crippen LogP contribution in [0.25, 0.3) is 0 Å². The molecular weight excluding hydrogens is 218 g/mol. The summed E-state index contributed by atoms with van der Waals surface area (Å²) in [6.07, 6.45) is 0. The van der Waals surface area contributed by atoms with Gasteiger partial charge in [0.2, 0.25) is 0 Å². The van der Waals surface area contributed by atoms with Crippen molar-refractivity contribution >= 4 is 11.5 Å². The molecule has 4 N–H and O–H groups in total. The highest BCUT2D eigenvalue weighted by Gasteiger charge is 2.06. The number of methoxy groups -OCH3 is 1. The first-order valence-corrected chi connectivity index (χ1v) is 5.46. The Morgan fingerprint density at radius 3 is 3.00 bits per heavy atom. The number of anilines is 1. The number of rotatable bonds is 6. The van der Waals surface area contributed by atoms with Crippen molar-refractivity contribution in [2.24, 2.45) is 16.8 Å². The first-order valence-electron chi connectivity index (χ1n) is 5.46. The first-order chi connectivity index (χ1) is 8.17. The van der Waals surface area contributed by atoms with Crippen molar-refractivity contribution in [3.8, 4) is 0 Å². The molecule has 5 heteroatoms. The third-order valence-electron chi connectivity index (χ3n) is 2.47. The zero-order chi connectivity index (χ0) is 12.7. The van der Waals surface area contributed by atoms with Crippen LogP contribution in [0, 0.1) is 5.92 Å². The number of oxime groups is 1. The van der Waals surface area contributed by atoms with E-state index in [1.54, 1.807) is 7.11 Å². The van der Waals surface area contributed by atoms with Gasteiger partial charge in [0.1, 0.15) is 5.84 Å². The van der Waals surface area contributed by atoms with Gasteiger partial charge in [-0.2, -0.15) is 0 Å². The molecule has 1 aromatic rings. The third-order valence-corrected chi connectivity index (χ3v) is 2.47. The van der Waals surface area contributed by atoms with Gasteiger partial charge in [-0.1, -0.05) is 24.2 Å². The zero-order valence-corrected chi connectivity index (χ0v) is 10.2. The first kappa shape index (κ1) is 13.3. The second-order valence-corrected chi connectivity index (χ2v) is 3.94. The minimum Gasteiger partial charge on any atom is -0.409 e. The van der Waals surface area contributed by atoms with Crippen LogP contribution in [-0.2, 0) is 11.3 Å². The van der Waals surface area contributed by atoms with Gasteiger partial charge in [-0.05, 0) is 17.7 Å². The van der Waals surface area contributed by atoms with E-state index in [0.717, 1.165) is 11.3 Å². The quantitative estimate of drug-likeness (QED) is 0.304. The van der Waals surface area contributed by atoms with Gasteiger partial charge in [-0.25, -0.2) is 0 Å². The van der Waals surface area contributed by atoms with Crippen LogP contribution in [0.3, 0.4) is 0 Å². The van der Waals surface area contributed by atoms with Crippen LogP contribution in [0.15, 0.2) is 29.4 Å². The van der Waals surface area contributed by atoms with E-state index in [1.807, 2.05) is 31.2 Å². The molecule has 0 aliphatic heterocycles. The molecule has 0 saturated carbocycles. The van der Waals surface area contributed by atoms with Crippen LogP contribution in [0.4, 0.5) is 5.69 Å². The number of nitrogens with zero attached hydrogens (tertiary/aromatic N) is 1. The number of ether oxygens (including phenoxy) is 1. The maximum absolute atomic E-state index is 8.54. The summed E-state index contributed by atoms with van der Waals surface area (Å²) < 4.78 is 5.06. The molecule has 0 aliphatic rings. The van der Waals surface area contributed by atoms with E-state index >= 15 is 0 Å². The molecule has 1 rings (SSSR count). The Hall–Kier alpha value is -1.75. The van der Waals surface area contributed by atoms with Crippen molar-refractivity contribution < 1.29 is 9.94 Å². The fraction of sp³-hybridized carbons (Fsp3) is 0.417. The maximum Gasteiger partial charge on any atom is 0.143 e. The van der Waals surface area contributed by atoms with Gasteiger partial charge in [-0.15, -0.1) is 0 Å². The van der Waals surface area contributed by atoms with E-state index in [0.29, 0.717) is 13.2 Å². The number of benzene rings is 1. The van der Waals surface area contributed by atoms with Crippen molar-refractivity contribution in [3.05, 3.63) is 29.8 Å². The molecule has 0 saturated heterocycles. The largest absolute Gasteiger partial charge is 0.409 e. The summed E-state index contributed by atoms with van der Waals surface area (Å²) in [5, 5.41) is 14.7. The van der Waals surface area contributed by atoms with Gasteiger partial charge in [0, 0.05) is 25.3 Å². The average Bonchev–Trinajstić information content (AvgIpc) is 2.36. The highest BCUT2D eigenvalue weighted by Crippen LogP contribution is 2.12. The van der Waals surface area contributed by atoms with Crippen LogP contribution in [-0.4, -0.2) is 24.7 Å². The average molecular weight is 237 g/mol. The summed E-state index contributed by atoms with van der Waals surface area (Å²) in [5.41, 5.74) is 7.60. The Morgan fingerprint density at radius 1 is 1.59 bits per heavy atom. The maximum atomic E-state index is 8.54. The molecule has 1 atom stereocenters. The summed E-state index contributed by atoms with van der Waals surface area (Å²) in [4.78, 5) is 0. The van der Waals surface area contributed by atoms with Crippen molar-refractivity contribution in [1.29, 1.82) is 0 Å². The molecule has 94 valence electrons. The van der Waals surface area contributed by atoms with Crippen LogP contribution in [0.5, 0.6) is 0 Å². The summed E-state index contributed by atoms with van der Waals surface area (Å²) in [7, 11) is 1.67. The minimum atomic E-state index is -0.0221. The molecule has 1 aromatic carbocycles. The molecular formula is C12H19N3O2. The van der Waals surface area contributed by atoms with Crippen molar-refractivity contribution in [2.75, 3.05) is 19.0 Å². The number of hydrogen-bond acceptors (Lipinski definition) is 4. The number of amidine groups is 1. The Morgan fingerprint density at radius 2 is 2.35 bits per heavy atom. The second-order valence-electron chi connectivity index (χ2n) is 3.94. The second kappa shape index (κ2) is 6.75. The highest BCUT2D eigenvalue weighted by atomic mass is 16.5. The molecule has 0 amide bonds. The van der Waals surface area contributed by atoms with Crippen molar-refractivity contribution in [2.45, 2.75) is 13.5 Å². The van der Waals surface area contributed by atoms with Crippen LogP contribution in [0.2, 0.25) is 0 Å². The molecule has 0 aromatic heterocycles. The highest BCUT2D eigenvalue weighted by molar-refractivity contribution is 5.82. The fourth-order valence-corrected chi connectivity index (χ4v) is 1.41. The Balaban J connectivity index is 2.54. The number of nitrogens with two attached hydrogens (primary N) is 1. The summed E-state index contributed by atoms with van der Waals surface area (Å²) >= 11 is 0. The zero-order valence-electron chi connectivity index (χ0n) is 10.2. The van der Waals surface area contributed by atoms with E-state index in [-0.39, 0.29) is 11.8 Å². The van der Waals surface area contributed by atoms with Gasteiger partial charge in [0.25, 0.3) is 0 Å². The normalized spacial score (nSPS) is 13.4. The van der Waals surface area contributed by atoms with E-state index in [1.165, 1.54) is 0 Å². The lowest BCUT2D eigenvalue weighted by atomic mass is 10.1. The molecule has 0 aliphatic carbocycles. The summed E-state index contributed by atoms with van der Waals surface area (Å²) in [5.74, 6) is 0.205. The molecule has 17 heavy (non-hydrogen) atoms. The van der Waals surface area contributed by atoms with E-state index in [2.05, 4.69) is 10.5 Å². The monoisotopic (exact) mass is 237 g/mol. The van der Waals surface area contributed by atoms with Crippen molar-refractivity contribution in [1.82, 2.24) is 0 Å². The lowest BCUT2D eigenvalue weighted by molar-refractivity contribution is 0.185. The molecule has 0 radical (unpaired) electrons. The SMILES string of the molecule is COCc1cccc(NCC(C)/C(N)=N/O)c1. The predicted molar refractivity (Wildman–Crippen MR) is 68.2 cm³/mol. The van der Waals surface area contributed by atoms with Gasteiger partial charge in [-0.3, -0.25) is 0 Å². The van der Waals surface area contributed by atoms with Crippen LogP contribution in [0.1, 0.15) is 12.5 Å². The van der Waals surface area contributed by atoms with E-state index in [9.17, 15) is 0 Å². The summed E-state index contributed by atoms with van der Waals surface area (Å²) in [6.45, 7) is 3.10. The smallest absolute Gasteiger partial charge is 0.143 e. The van der Waals surface area contributed by atoms with Crippen LogP contribution >= 0.6 is 0 Å². The molecule has 0 spiro atoms. The molecule has 0 heterocycles. The topological polar surface area (TPSA) is 79.9 Å². The standard InChI is InChI=1S/C12H19N3O2/c1-9(12(13)15-16)7-14-11-5-3-4-10(6-11)8-17-2/h3-6,9,14,16H,7-8H2,1-2H3,(H2,13,15). The fourth-order valence-electron chi connectivity index (χ4n) is 1.41. The Bertz CT molecular complexity index is 380. The number of nitrogens with one attached hydrogen (secondary N) is 1.